The molecule has 1 aromatic carbocycles. The molecule has 2 heterocycles. The van der Waals surface area contributed by atoms with E-state index >= 15 is 0 Å². The zero-order valence-corrected chi connectivity index (χ0v) is 10.7. The summed E-state index contributed by atoms with van der Waals surface area (Å²) in [5.41, 5.74) is 7.23. The molecule has 0 amide bonds. The monoisotopic (exact) mass is 257 g/mol. The average molecular weight is 257 g/mol. The topological polar surface area (TPSA) is 70.3 Å². The molecule has 0 fully saturated rings. The van der Waals surface area contributed by atoms with Gasteiger partial charge in [0.25, 0.3) is 0 Å². The summed E-state index contributed by atoms with van der Waals surface area (Å²) in [6.07, 6.45) is 0. The van der Waals surface area contributed by atoms with Crippen LogP contribution in [0.5, 0.6) is 11.5 Å². The van der Waals surface area contributed by atoms with Crippen molar-refractivity contribution in [2.45, 2.75) is 6.92 Å². The fourth-order valence-corrected chi connectivity index (χ4v) is 1.91. The molecular formula is C14H15N3O2. The Morgan fingerprint density at radius 1 is 1.05 bits per heavy atom. The second-order valence-electron chi connectivity index (χ2n) is 4.73. The van der Waals surface area contributed by atoms with Crippen molar-refractivity contribution >= 4 is 5.82 Å². The number of aromatic nitrogens is 2. The van der Waals surface area contributed by atoms with Crippen LogP contribution in [0.15, 0.2) is 30.3 Å². The Kier molecular flexibility index (Phi) is 2.95. The van der Waals surface area contributed by atoms with Gasteiger partial charge in [-0.05, 0) is 30.3 Å². The second kappa shape index (κ2) is 4.76. The summed E-state index contributed by atoms with van der Waals surface area (Å²) in [7, 11) is 0. The van der Waals surface area contributed by atoms with E-state index in [2.05, 4.69) is 17.1 Å². The van der Waals surface area contributed by atoms with Crippen molar-refractivity contribution in [3.8, 4) is 22.8 Å². The number of nitrogen functional groups attached to an aromatic ring is 1. The fraction of sp³-hybridized carbons (Fsp3) is 0.286. The molecule has 0 saturated carbocycles. The Balaban J connectivity index is 1.95. The summed E-state index contributed by atoms with van der Waals surface area (Å²) >= 11 is 0. The third-order valence-corrected chi connectivity index (χ3v) is 2.97. The first-order valence-corrected chi connectivity index (χ1v) is 6.21. The number of hydrogen-bond acceptors (Lipinski definition) is 5. The molecule has 0 bridgehead atoms. The summed E-state index contributed by atoms with van der Waals surface area (Å²) in [6, 6.07) is 9.34. The number of ether oxygens (including phenoxy) is 2. The number of hydrogen-bond donors (Lipinski definition) is 1. The Hall–Kier alpha value is -2.30. The van der Waals surface area contributed by atoms with Crippen LogP contribution in [0.3, 0.4) is 0 Å². The van der Waals surface area contributed by atoms with Gasteiger partial charge >= 0.3 is 0 Å². The first kappa shape index (κ1) is 11.8. The van der Waals surface area contributed by atoms with Crippen LogP contribution >= 0.6 is 0 Å². The molecule has 19 heavy (non-hydrogen) atoms. The van der Waals surface area contributed by atoms with Crippen LogP contribution in [0.1, 0.15) is 6.92 Å². The van der Waals surface area contributed by atoms with Crippen LogP contribution in [0, 0.1) is 5.92 Å². The van der Waals surface area contributed by atoms with Gasteiger partial charge in [-0.25, -0.2) is 0 Å². The van der Waals surface area contributed by atoms with E-state index in [1.807, 2.05) is 24.3 Å². The number of benzene rings is 1. The highest BCUT2D eigenvalue weighted by atomic mass is 16.5. The normalized spacial score (nSPS) is 17.8. The van der Waals surface area contributed by atoms with Crippen molar-refractivity contribution in [3.63, 3.8) is 0 Å². The standard InChI is InChI=1S/C14H15N3O2/c1-9-7-18-12-4-2-10(6-13(12)19-8-9)11-3-5-14(15)17-16-11/h2-6,9H,7-8H2,1H3,(H2,15,17). The van der Waals surface area contributed by atoms with Gasteiger partial charge in [0.2, 0.25) is 0 Å². The molecule has 0 radical (unpaired) electrons. The van der Waals surface area contributed by atoms with Crippen molar-refractivity contribution in [2.24, 2.45) is 5.92 Å². The van der Waals surface area contributed by atoms with Gasteiger partial charge in [-0.3, -0.25) is 0 Å². The molecule has 98 valence electrons. The first-order valence-electron chi connectivity index (χ1n) is 6.21. The Morgan fingerprint density at radius 3 is 2.58 bits per heavy atom. The molecule has 2 aromatic rings. The summed E-state index contributed by atoms with van der Waals surface area (Å²) in [4.78, 5) is 0. The van der Waals surface area contributed by atoms with Crippen LogP contribution in [0.4, 0.5) is 5.82 Å². The van der Waals surface area contributed by atoms with Crippen LogP contribution in [-0.2, 0) is 0 Å². The largest absolute Gasteiger partial charge is 0.489 e. The van der Waals surface area contributed by atoms with E-state index in [0.29, 0.717) is 24.9 Å². The molecule has 1 atom stereocenters. The minimum Gasteiger partial charge on any atom is -0.489 e. The lowest BCUT2D eigenvalue weighted by Crippen LogP contribution is -2.12. The smallest absolute Gasteiger partial charge is 0.161 e. The van der Waals surface area contributed by atoms with Crippen molar-refractivity contribution in [2.75, 3.05) is 18.9 Å². The Morgan fingerprint density at radius 2 is 1.84 bits per heavy atom. The third kappa shape index (κ3) is 2.45. The number of rotatable bonds is 1. The molecule has 0 spiro atoms. The summed E-state index contributed by atoms with van der Waals surface area (Å²) in [5, 5.41) is 7.92. The van der Waals surface area contributed by atoms with Crippen LogP contribution in [0.2, 0.25) is 0 Å². The van der Waals surface area contributed by atoms with Crippen LogP contribution < -0.4 is 15.2 Å². The van der Waals surface area contributed by atoms with Gasteiger partial charge in [0.1, 0.15) is 5.82 Å². The molecule has 1 unspecified atom stereocenters. The Labute approximate surface area is 111 Å². The number of anilines is 1. The molecule has 2 N–H and O–H groups in total. The Bertz CT molecular complexity index is 584. The first-order chi connectivity index (χ1) is 9.22. The number of nitrogens with zero attached hydrogens (tertiary/aromatic N) is 2. The molecule has 1 aliphatic heterocycles. The average Bonchev–Trinajstić information content (AvgIpc) is 2.62. The van der Waals surface area contributed by atoms with Gasteiger partial charge in [0.15, 0.2) is 11.5 Å². The summed E-state index contributed by atoms with van der Waals surface area (Å²) < 4.78 is 11.4. The van der Waals surface area contributed by atoms with E-state index < -0.39 is 0 Å². The lowest BCUT2D eigenvalue weighted by atomic mass is 10.1. The predicted octanol–water partition coefficient (Wildman–Crippen LogP) is 2.13. The molecule has 5 heteroatoms. The zero-order valence-electron chi connectivity index (χ0n) is 10.7. The highest BCUT2D eigenvalue weighted by Crippen LogP contribution is 2.34. The van der Waals surface area contributed by atoms with Gasteiger partial charge in [-0.2, -0.15) is 0 Å². The molecular weight excluding hydrogens is 242 g/mol. The highest BCUT2D eigenvalue weighted by molar-refractivity contribution is 5.64. The maximum atomic E-state index is 5.75. The van der Waals surface area contributed by atoms with Gasteiger partial charge in [0, 0.05) is 11.5 Å². The maximum Gasteiger partial charge on any atom is 0.161 e. The van der Waals surface area contributed by atoms with E-state index in [4.69, 9.17) is 15.2 Å². The molecule has 5 nitrogen and oxygen atoms in total. The van der Waals surface area contributed by atoms with Crippen molar-refractivity contribution in [1.82, 2.24) is 10.2 Å². The quantitative estimate of drug-likeness (QED) is 0.847. The SMILES string of the molecule is CC1COc2ccc(-c3ccc(N)nn3)cc2OC1. The molecule has 0 saturated heterocycles. The molecule has 3 rings (SSSR count). The predicted molar refractivity (Wildman–Crippen MR) is 72.0 cm³/mol. The lowest BCUT2D eigenvalue weighted by molar-refractivity contribution is 0.228. The fourth-order valence-electron chi connectivity index (χ4n) is 1.91. The van der Waals surface area contributed by atoms with Crippen molar-refractivity contribution in [3.05, 3.63) is 30.3 Å². The van der Waals surface area contributed by atoms with E-state index in [-0.39, 0.29) is 0 Å². The summed E-state index contributed by atoms with van der Waals surface area (Å²) in [6.45, 7) is 3.43. The van der Waals surface area contributed by atoms with Crippen molar-refractivity contribution in [1.29, 1.82) is 0 Å². The minimum atomic E-state index is 0.382. The molecule has 0 aliphatic carbocycles. The number of fused-ring (bicyclic) bond motifs is 1. The maximum absolute atomic E-state index is 5.75. The van der Waals surface area contributed by atoms with Crippen LogP contribution in [-0.4, -0.2) is 23.4 Å². The van der Waals surface area contributed by atoms with Gasteiger partial charge in [-0.1, -0.05) is 6.92 Å². The third-order valence-electron chi connectivity index (χ3n) is 2.97. The van der Waals surface area contributed by atoms with Gasteiger partial charge in [0.05, 0.1) is 18.9 Å². The molecule has 1 aliphatic rings. The summed E-state index contributed by atoms with van der Waals surface area (Å²) in [5.74, 6) is 2.32. The van der Waals surface area contributed by atoms with E-state index in [9.17, 15) is 0 Å². The zero-order chi connectivity index (χ0) is 13.2. The van der Waals surface area contributed by atoms with Crippen LogP contribution in [0.25, 0.3) is 11.3 Å². The highest BCUT2D eigenvalue weighted by Gasteiger charge is 2.15. The van der Waals surface area contributed by atoms with E-state index in [1.54, 1.807) is 6.07 Å². The lowest BCUT2D eigenvalue weighted by Gasteiger charge is -2.08. The van der Waals surface area contributed by atoms with Gasteiger partial charge in [-0.15, -0.1) is 10.2 Å². The van der Waals surface area contributed by atoms with E-state index in [0.717, 1.165) is 22.8 Å². The van der Waals surface area contributed by atoms with Crippen molar-refractivity contribution < 1.29 is 9.47 Å². The number of nitrogens with two attached hydrogens (primary N) is 1. The second-order valence-corrected chi connectivity index (χ2v) is 4.73. The minimum absolute atomic E-state index is 0.382. The van der Waals surface area contributed by atoms with Gasteiger partial charge < -0.3 is 15.2 Å². The van der Waals surface area contributed by atoms with E-state index in [1.165, 1.54) is 0 Å². The molecule has 1 aromatic heterocycles.